The Morgan fingerprint density at radius 3 is 2.57 bits per heavy atom. The van der Waals surface area contributed by atoms with E-state index in [2.05, 4.69) is 27.9 Å². The van der Waals surface area contributed by atoms with Crippen LogP contribution in [0.5, 0.6) is 0 Å². The minimum Gasteiger partial charge on any atom is -0.380 e. The van der Waals surface area contributed by atoms with Gasteiger partial charge in [-0.1, -0.05) is 11.6 Å². The third-order valence-electron chi connectivity index (χ3n) is 2.10. The lowest BCUT2D eigenvalue weighted by molar-refractivity contribution is 0.638. The summed E-state index contributed by atoms with van der Waals surface area (Å²) in [5.41, 5.74) is 6.70. The fourth-order valence-electron chi connectivity index (χ4n) is 0.983. The molecule has 0 saturated heterocycles. The van der Waals surface area contributed by atoms with Crippen LogP contribution in [0.2, 0.25) is 5.02 Å². The molecule has 0 amide bonds. The van der Waals surface area contributed by atoms with Crippen molar-refractivity contribution >= 4 is 39.9 Å². The fraction of sp³-hybridized carbons (Fsp3) is 0.400. The van der Waals surface area contributed by atoms with Crippen LogP contribution >= 0.6 is 34.2 Å². The molecule has 1 aromatic carbocycles. The summed E-state index contributed by atoms with van der Waals surface area (Å²) in [6.45, 7) is 4.01. The van der Waals surface area contributed by atoms with Gasteiger partial charge in [0.2, 0.25) is 0 Å². The van der Waals surface area contributed by atoms with Crippen LogP contribution < -0.4 is 11.1 Å². The first kappa shape index (κ1) is 12.1. The lowest BCUT2D eigenvalue weighted by atomic mass is 10.2. The summed E-state index contributed by atoms with van der Waals surface area (Å²) in [7, 11) is 0. The molecule has 0 aromatic heterocycles. The highest BCUT2D eigenvalue weighted by molar-refractivity contribution is 14.1. The molecule has 0 aliphatic rings. The van der Waals surface area contributed by atoms with Crippen molar-refractivity contribution in [2.45, 2.75) is 25.9 Å². The molecule has 0 aliphatic heterocycles. The highest BCUT2D eigenvalue weighted by atomic mass is 127. The predicted octanol–water partition coefficient (Wildman–Crippen LogP) is 3.09. The molecule has 0 saturated carbocycles. The smallest absolute Gasteiger partial charge is 0.0648 e. The topological polar surface area (TPSA) is 38.0 Å². The number of nitrogens with two attached hydrogens (primary N) is 1. The van der Waals surface area contributed by atoms with Crippen molar-refractivity contribution in [1.82, 2.24) is 0 Å². The monoisotopic (exact) mass is 324 g/mol. The molecule has 1 rings (SSSR count). The molecule has 1 aromatic rings. The molecule has 2 nitrogen and oxygen atoms in total. The molecule has 0 fully saturated rings. The van der Waals surface area contributed by atoms with Crippen LogP contribution in [-0.4, -0.2) is 12.1 Å². The average Bonchev–Trinajstić information content (AvgIpc) is 2.09. The SMILES string of the molecule is CC(N)C(C)Nc1ccc(I)cc1Cl. The van der Waals surface area contributed by atoms with Crippen molar-refractivity contribution in [3.63, 3.8) is 0 Å². The molecule has 4 heteroatoms. The van der Waals surface area contributed by atoms with E-state index in [4.69, 9.17) is 17.3 Å². The van der Waals surface area contributed by atoms with E-state index in [9.17, 15) is 0 Å². The van der Waals surface area contributed by atoms with Crippen molar-refractivity contribution in [3.8, 4) is 0 Å². The molecule has 0 spiro atoms. The van der Waals surface area contributed by atoms with Gasteiger partial charge in [-0.05, 0) is 54.6 Å². The summed E-state index contributed by atoms with van der Waals surface area (Å²) in [5, 5.41) is 4.02. The second-order valence-corrected chi connectivity index (χ2v) is 5.07. The van der Waals surface area contributed by atoms with Gasteiger partial charge in [0.05, 0.1) is 10.7 Å². The third kappa shape index (κ3) is 3.29. The van der Waals surface area contributed by atoms with Crippen molar-refractivity contribution in [2.24, 2.45) is 5.73 Å². The number of rotatable bonds is 3. The Morgan fingerprint density at radius 1 is 1.43 bits per heavy atom. The molecule has 0 bridgehead atoms. The van der Waals surface area contributed by atoms with Gasteiger partial charge in [0, 0.05) is 15.7 Å². The van der Waals surface area contributed by atoms with Crippen molar-refractivity contribution in [3.05, 3.63) is 26.8 Å². The highest BCUT2D eigenvalue weighted by Gasteiger charge is 2.08. The molecular formula is C10H14ClIN2. The van der Waals surface area contributed by atoms with E-state index in [-0.39, 0.29) is 12.1 Å². The number of hydrogen-bond acceptors (Lipinski definition) is 2. The Kier molecular flexibility index (Phi) is 4.47. The highest BCUT2D eigenvalue weighted by Crippen LogP contribution is 2.24. The normalized spacial score (nSPS) is 14.9. The van der Waals surface area contributed by atoms with E-state index >= 15 is 0 Å². The summed E-state index contributed by atoms with van der Waals surface area (Å²) in [6.07, 6.45) is 0. The number of nitrogens with one attached hydrogen (secondary N) is 1. The van der Waals surface area contributed by atoms with Crippen molar-refractivity contribution in [2.75, 3.05) is 5.32 Å². The van der Waals surface area contributed by atoms with Crippen LogP contribution in [0.25, 0.3) is 0 Å². The van der Waals surface area contributed by atoms with Crippen LogP contribution in [0.3, 0.4) is 0 Å². The molecular weight excluding hydrogens is 310 g/mol. The fourth-order valence-corrected chi connectivity index (χ4v) is 1.89. The van der Waals surface area contributed by atoms with Gasteiger partial charge < -0.3 is 11.1 Å². The van der Waals surface area contributed by atoms with E-state index in [1.807, 2.05) is 32.0 Å². The van der Waals surface area contributed by atoms with Crippen molar-refractivity contribution < 1.29 is 0 Å². The lowest BCUT2D eigenvalue weighted by Crippen LogP contribution is -2.35. The van der Waals surface area contributed by atoms with E-state index in [0.29, 0.717) is 0 Å². The minimum atomic E-state index is 0.102. The van der Waals surface area contributed by atoms with Crippen LogP contribution in [0.1, 0.15) is 13.8 Å². The zero-order valence-corrected chi connectivity index (χ0v) is 11.1. The van der Waals surface area contributed by atoms with Gasteiger partial charge in [-0.2, -0.15) is 0 Å². The zero-order valence-electron chi connectivity index (χ0n) is 8.22. The Morgan fingerprint density at radius 2 is 2.07 bits per heavy atom. The molecule has 0 aliphatic carbocycles. The first-order chi connectivity index (χ1) is 6.50. The molecule has 0 radical (unpaired) electrons. The maximum Gasteiger partial charge on any atom is 0.0648 e. The maximum atomic E-state index is 6.07. The largest absolute Gasteiger partial charge is 0.380 e. The first-order valence-corrected chi connectivity index (χ1v) is 5.93. The van der Waals surface area contributed by atoms with Gasteiger partial charge in [0.15, 0.2) is 0 Å². The van der Waals surface area contributed by atoms with Crippen molar-refractivity contribution in [1.29, 1.82) is 0 Å². The van der Waals surface area contributed by atoms with Gasteiger partial charge in [-0.15, -0.1) is 0 Å². The predicted molar refractivity (Wildman–Crippen MR) is 70.9 cm³/mol. The summed E-state index contributed by atoms with van der Waals surface area (Å²) in [4.78, 5) is 0. The Balaban J connectivity index is 2.77. The Bertz CT molecular complexity index is 315. The van der Waals surface area contributed by atoms with E-state index in [1.165, 1.54) is 0 Å². The van der Waals surface area contributed by atoms with Crippen LogP contribution in [0.4, 0.5) is 5.69 Å². The molecule has 2 unspecified atom stereocenters. The minimum absolute atomic E-state index is 0.102. The second kappa shape index (κ2) is 5.19. The summed E-state index contributed by atoms with van der Waals surface area (Å²) >= 11 is 8.30. The van der Waals surface area contributed by atoms with Gasteiger partial charge in [-0.3, -0.25) is 0 Å². The molecule has 78 valence electrons. The summed E-state index contributed by atoms with van der Waals surface area (Å²) < 4.78 is 1.13. The average molecular weight is 325 g/mol. The van der Waals surface area contributed by atoms with Crippen LogP contribution in [0, 0.1) is 3.57 Å². The van der Waals surface area contributed by atoms with Gasteiger partial charge in [0.1, 0.15) is 0 Å². The van der Waals surface area contributed by atoms with E-state index in [0.717, 1.165) is 14.3 Å². The maximum absolute atomic E-state index is 6.07. The quantitative estimate of drug-likeness (QED) is 0.839. The van der Waals surface area contributed by atoms with Crippen LogP contribution in [0.15, 0.2) is 18.2 Å². The summed E-state index contributed by atoms with van der Waals surface area (Å²) in [6, 6.07) is 6.24. The Labute approximate surface area is 103 Å². The van der Waals surface area contributed by atoms with E-state index < -0.39 is 0 Å². The second-order valence-electron chi connectivity index (χ2n) is 3.42. The Hall–Kier alpha value is -0.0000000000000000555. The molecule has 3 N–H and O–H groups in total. The first-order valence-electron chi connectivity index (χ1n) is 4.48. The zero-order chi connectivity index (χ0) is 10.7. The van der Waals surface area contributed by atoms with Gasteiger partial charge >= 0.3 is 0 Å². The van der Waals surface area contributed by atoms with Gasteiger partial charge in [0.25, 0.3) is 0 Å². The van der Waals surface area contributed by atoms with Crippen LogP contribution in [-0.2, 0) is 0 Å². The molecule has 14 heavy (non-hydrogen) atoms. The standard InChI is InChI=1S/C10H14ClIN2/c1-6(13)7(2)14-10-4-3-8(12)5-9(10)11/h3-7,14H,13H2,1-2H3. The number of anilines is 1. The van der Waals surface area contributed by atoms with E-state index in [1.54, 1.807) is 0 Å². The molecule has 2 atom stereocenters. The summed E-state index contributed by atoms with van der Waals surface area (Å²) in [5.74, 6) is 0. The number of hydrogen-bond donors (Lipinski definition) is 2. The van der Waals surface area contributed by atoms with Gasteiger partial charge in [-0.25, -0.2) is 0 Å². The number of benzene rings is 1. The number of halogens is 2. The lowest BCUT2D eigenvalue weighted by Gasteiger charge is -2.19. The third-order valence-corrected chi connectivity index (χ3v) is 3.09. The molecule has 0 heterocycles.